The summed E-state index contributed by atoms with van der Waals surface area (Å²) in [6, 6.07) is 15.2. The number of nitrogens with zero attached hydrogens (tertiary/aromatic N) is 1. The largest absolute Gasteiger partial charge is 0.496 e. The fourth-order valence-corrected chi connectivity index (χ4v) is 3.04. The minimum atomic E-state index is -0.182. The summed E-state index contributed by atoms with van der Waals surface area (Å²) in [5, 5.41) is 2.85. The van der Waals surface area contributed by atoms with Crippen LogP contribution in [0.3, 0.4) is 0 Å². The van der Waals surface area contributed by atoms with Crippen LogP contribution in [0.2, 0.25) is 0 Å². The van der Waals surface area contributed by atoms with Gasteiger partial charge in [0.1, 0.15) is 5.75 Å². The molecule has 1 heterocycles. The van der Waals surface area contributed by atoms with Crippen LogP contribution in [0.25, 0.3) is 0 Å². The minimum absolute atomic E-state index is 0.128. The molecule has 0 spiro atoms. The minimum Gasteiger partial charge on any atom is -0.496 e. The van der Waals surface area contributed by atoms with E-state index in [-0.39, 0.29) is 11.8 Å². The molecule has 0 unspecified atom stereocenters. The standard InChI is InChI=1S/C20H22N2O3/c1-25-18-10-5-4-9-17(18)20(24)21-12-6-11-19(23)22-13-15-7-2-3-8-16(15)14-22/h2-5,7-10H,6,11-14H2,1H3,(H,21,24). The first kappa shape index (κ1) is 17.0. The number of amides is 2. The monoisotopic (exact) mass is 338 g/mol. The Labute approximate surface area is 147 Å². The maximum absolute atomic E-state index is 12.3. The van der Waals surface area contributed by atoms with E-state index in [1.165, 1.54) is 11.1 Å². The van der Waals surface area contributed by atoms with Crippen LogP contribution in [0, 0.1) is 0 Å². The smallest absolute Gasteiger partial charge is 0.255 e. The zero-order valence-electron chi connectivity index (χ0n) is 14.3. The van der Waals surface area contributed by atoms with Crippen molar-refractivity contribution in [2.24, 2.45) is 0 Å². The second-order valence-electron chi connectivity index (χ2n) is 6.08. The molecule has 0 atom stereocenters. The van der Waals surface area contributed by atoms with Gasteiger partial charge in [-0.25, -0.2) is 0 Å². The van der Waals surface area contributed by atoms with E-state index < -0.39 is 0 Å². The molecule has 3 rings (SSSR count). The van der Waals surface area contributed by atoms with E-state index >= 15 is 0 Å². The van der Waals surface area contributed by atoms with Crippen molar-refractivity contribution in [1.82, 2.24) is 10.2 Å². The average Bonchev–Trinajstić information content (AvgIpc) is 3.09. The maximum Gasteiger partial charge on any atom is 0.255 e. The van der Waals surface area contributed by atoms with E-state index in [0.29, 0.717) is 43.8 Å². The predicted octanol–water partition coefficient (Wildman–Crippen LogP) is 2.75. The second kappa shape index (κ2) is 7.83. The molecule has 25 heavy (non-hydrogen) atoms. The highest BCUT2D eigenvalue weighted by molar-refractivity contribution is 5.96. The summed E-state index contributed by atoms with van der Waals surface area (Å²) < 4.78 is 5.19. The van der Waals surface area contributed by atoms with Crippen molar-refractivity contribution in [2.45, 2.75) is 25.9 Å². The predicted molar refractivity (Wildman–Crippen MR) is 95.3 cm³/mol. The second-order valence-corrected chi connectivity index (χ2v) is 6.08. The third-order valence-electron chi connectivity index (χ3n) is 4.40. The molecule has 2 aromatic carbocycles. The van der Waals surface area contributed by atoms with Crippen LogP contribution in [0.5, 0.6) is 5.75 Å². The number of ether oxygens (including phenoxy) is 1. The molecular weight excluding hydrogens is 316 g/mol. The molecule has 2 amide bonds. The Balaban J connectivity index is 1.43. The van der Waals surface area contributed by atoms with Crippen molar-refractivity contribution in [3.8, 4) is 5.75 Å². The van der Waals surface area contributed by atoms with E-state index in [1.807, 2.05) is 23.1 Å². The van der Waals surface area contributed by atoms with Crippen LogP contribution in [0.1, 0.15) is 34.3 Å². The zero-order valence-corrected chi connectivity index (χ0v) is 14.3. The van der Waals surface area contributed by atoms with Crippen LogP contribution in [0.4, 0.5) is 0 Å². The number of hydrogen-bond acceptors (Lipinski definition) is 3. The highest BCUT2D eigenvalue weighted by Gasteiger charge is 2.22. The number of para-hydroxylation sites is 1. The van der Waals surface area contributed by atoms with Gasteiger partial charge in [-0.3, -0.25) is 9.59 Å². The zero-order chi connectivity index (χ0) is 17.6. The Morgan fingerprint density at radius 2 is 1.68 bits per heavy atom. The lowest BCUT2D eigenvalue weighted by molar-refractivity contribution is -0.131. The molecule has 0 saturated carbocycles. The van der Waals surface area contributed by atoms with Crippen molar-refractivity contribution in [2.75, 3.05) is 13.7 Å². The molecule has 0 radical (unpaired) electrons. The van der Waals surface area contributed by atoms with E-state index in [2.05, 4.69) is 17.4 Å². The topological polar surface area (TPSA) is 58.6 Å². The number of hydrogen-bond donors (Lipinski definition) is 1. The lowest BCUT2D eigenvalue weighted by atomic mass is 10.1. The Bertz CT molecular complexity index is 748. The van der Waals surface area contributed by atoms with E-state index in [9.17, 15) is 9.59 Å². The third-order valence-corrected chi connectivity index (χ3v) is 4.40. The van der Waals surface area contributed by atoms with Crippen LogP contribution in [-0.2, 0) is 17.9 Å². The third kappa shape index (κ3) is 3.99. The van der Waals surface area contributed by atoms with Gasteiger partial charge in [-0.1, -0.05) is 36.4 Å². The number of rotatable bonds is 6. The average molecular weight is 338 g/mol. The highest BCUT2D eigenvalue weighted by atomic mass is 16.5. The molecule has 0 aromatic heterocycles. The summed E-state index contributed by atoms with van der Waals surface area (Å²) in [5.41, 5.74) is 2.95. The lowest BCUT2D eigenvalue weighted by Crippen LogP contribution is -2.28. The van der Waals surface area contributed by atoms with Gasteiger partial charge >= 0.3 is 0 Å². The molecule has 5 heteroatoms. The number of nitrogens with one attached hydrogen (secondary N) is 1. The SMILES string of the molecule is COc1ccccc1C(=O)NCCCC(=O)N1Cc2ccccc2C1. The van der Waals surface area contributed by atoms with Gasteiger partial charge in [0.05, 0.1) is 12.7 Å². The number of methoxy groups -OCH3 is 1. The van der Waals surface area contributed by atoms with Crippen molar-refractivity contribution in [3.63, 3.8) is 0 Å². The van der Waals surface area contributed by atoms with E-state index in [4.69, 9.17) is 4.74 Å². The highest BCUT2D eigenvalue weighted by Crippen LogP contribution is 2.23. The van der Waals surface area contributed by atoms with Gasteiger partial charge in [-0.2, -0.15) is 0 Å². The van der Waals surface area contributed by atoms with Crippen molar-refractivity contribution < 1.29 is 14.3 Å². The van der Waals surface area contributed by atoms with E-state index in [1.54, 1.807) is 25.3 Å². The number of carbonyl (C=O) groups excluding carboxylic acids is 2. The molecular formula is C20H22N2O3. The molecule has 1 N–H and O–H groups in total. The van der Waals surface area contributed by atoms with Gasteiger partial charge in [-0.15, -0.1) is 0 Å². The first-order valence-corrected chi connectivity index (χ1v) is 8.45. The summed E-state index contributed by atoms with van der Waals surface area (Å²) in [6.45, 7) is 1.83. The summed E-state index contributed by atoms with van der Waals surface area (Å²) in [4.78, 5) is 26.4. The molecule has 5 nitrogen and oxygen atoms in total. The van der Waals surface area contributed by atoms with Crippen LogP contribution in [-0.4, -0.2) is 30.4 Å². The Morgan fingerprint density at radius 3 is 2.36 bits per heavy atom. The maximum atomic E-state index is 12.3. The van der Waals surface area contributed by atoms with Crippen LogP contribution in [0.15, 0.2) is 48.5 Å². The first-order chi connectivity index (χ1) is 12.2. The summed E-state index contributed by atoms with van der Waals surface area (Å²) in [5.74, 6) is 0.493. The molecule has 130 valence electrons. The van der Waals surface area contributed by atoms with Crippen LogP contribution < -0.4 is 10.1 Å². The molecule has 1 aliphatic heterocycles. The number of carbonyl (C=O) groups is 2. The van der Waals surface area contributed by atoms with Gasteiger partial charge in [0, 0.05) is 26.1 Å². The van der Waals surface area contributed by atoms with Crippen molar-refractivity contribution >= 4 is 11.8 Å². The molecule has 0 aliphatic carbocycles. The Kier molecular flexibility index (Phi) is 5.33. The molecule has 0 fully saturated rings. The van der Waals surface area contributed by atoms with E-state index in [0.717, 1.165) is 0 Å². The summed E-state index contributed by atoms with van der Waals surface area (Å²) in [6.07, 6.45) is 1.05. The van der Waals surface area contributed by atoms with Crippen molar-refractivity contribution in [1.29, 1.82) is 0 Å². The Morgan fingerprint density at radius 1 is 1.04 bits per heavy atom. The fourth-order valence-electron chi connectivity index (χ4n) is 3.04. The van der Waals surface area contributed by atoms with Gasteiger partial charge in [0.2, 0.25) is 5.91 Å². The Hall–Kier alpha value is -2.82. The number of benzene rings is 2. The van der Waals surface area contributed by atoms with Crippen LogP contribution >= 0.6 is 0 Å². The van der Waals surface area contributed by atoms with Gasteiger partial charge in [0.15, 0.2) is 0 Å². The summed E-state index contributed by atoms with van der Waals surface area (Å²) in [7, 11) is 1.54. The van der Waals surface area contributed by atoms with Crippen molar-refractivity contribution in [3.05, 3.63) is 65.2 Å². The number of fused-ring (bicyclic) bond motifs is 1. The first-order valence-electron chi connectivity index (χ1n) is 8.45. The molecule has 1 aliphatic rings. The quantitative estimate of drug-likeness (QED) is 0.824. The van der Waals surface area contributed by atoms with Gasteiger partial charge in [-0.05, 0) is 29.7 Å². The van der Waals surface area contributed by atoms with Gasteiger partial charge < -0.3 is 15.0 Å². The molecule has 2 aromatic rings. The molecule has 0 saturated heterocycles. The van der Waals surface area contributed by atoms with Gasteiger partial charge in [0.25, 0.3) is 5.91 Å². The summed E-state index contributed by atoms with van der Waals surface area (Å²) >= 11 is 0. The molecule has 0 bridgehead atoms. The fraction of sp³-hybridized carbons (Fsp3) is 0.300. The lowest BCUT2D eigenvalue weighted by Gasteiger charge is -2.15. The normalized spacial score (nSPS) is 12.6.